The topological polar surface area (TPSA) is 96.5 Å². The number of nitrogens with two attached hydrogens (primary N) is 1. The minimum absolute atomic E-state index is 0.0409. The van der Waals surface area contributed by atoms with Gasteiger partial charge in [0.15, 0.2) is 5.82 Å². The average Bonchev–Trinajstić information content (AvgIpc) is 2.96. The fourth-order valence-electron chi connectivity index (χ4n) is 4.51. The first-order valence-corrected chi connectivity index (χ1v) is 13.5. The van der Waals surface area contributed by atoms with E-state index in [-0.39, 0.29) is 27.1 Å². The van der Waals surface area contributed by atoms with Crippen LogP contribution in [0.25, 0.3) is 5.70 Å². The van der Waals surface area contributed by atoms with Crippen LogP contribution < -0.4 is 11.1 Å². The molecule has 1 aromatic carbocycles. The van der Waals surface area contributed by atoms with Gasteiger partial charge in [-0.25, -0.2) is 14.4 Å². The number of aromatic nitrogens is 2. The fourth-order valence-corrected chi connectivity index (χ4v) is 4.73. The Hall–Kier alpha value is -3.80. The fraction of sp³-hybridized carbons (Fsp3) is 0.241. The summed E-state index contributed by atoms with van der Waals surface area (Å²) >= 11 is 11.7. The van der Waals surface area contributed by atoms with E-state index >= 15 is 4.39 Å². The second kappa shape index (κ2) is 13.5. The van der Waals surface area contributed by atoms with Gasteiger partial charge in [-0.3, -0.25) is 14.7 Å². The quantitative estimate of drug-likeness (QED) is 0.161. The molecular weight excluding hydrogens is 595 g/mol. The molecule has 0 spiro atoms. The third-order valence-corrected chi connectivity index (χ3v) is 7.12. The van der Waals surface area contributed by atoms with E-state index in [1.54, 1.807) is 0 Å². The van der Waals surface area contributed by atoms with Gasteiger partial charge in [0.25, 0.3) is 5.91 Å². The molecule has 3 heterocycles. The molecule has 2 aromatic heterocycles. The maximum absolute atomic E-state index is 15.1. The van der Waals surface area contributed by atoms with Crippen molar-refractivity contribution in [3.8, 4) is 0 Å². The Balaban J connectivity index is 1.47. The number of alkyl halides is 3. The van der Waals surface area contributed by atoms with Crippen LogP contribution in [0.2, 0.25) is 5.15 Å². The highest BCUT2D eigenvalue weighted by Crippen LogP contribution is 2.37. The van der Waals surface area contributed by atoms with Gasteiger partial charge < -0.3 is 11.1 Å². The van der Waals surface area contributed by atoms with Crippen molar-refractivity contribution in [2.24, 2.45) is 10.7 Å². The summed E-state index contributed by atoms with van der Waals surface area (Å²) in [5.41, 5.74) is 5.87. The zero-order valence-corrected chi connectivity index (χ0v) is 23.6. The van der Waals surface area contributed by atoms with Gasteiger partial charge in [0, 0.05) is 42.7 Å². The van der Waals surface area contributed by atoms with Gasteiger partial charge in [0.1, 0.15) is 10.8 Å². The molecule has 0 unspecified atom stereocenters. The standard InChI is InChI=1S/C29H26Cl2F4N6O/c1-17(38-15-22(30)14-36)19-4-2-18(3-5-19)16-41-10-7-20(8-11-41)26-27(23(32)13-24(39-26)29(33,34)35)40-28(42)21-6-9-37-25(31)12-21/h2-6,9,12-15,20H,1,7-8,10-11,16,36H2,(H,40,42)/b22-14+,38-15-. The molecule has 1 aliphatic rings. The summed E-state index contributed by atoms with van der Waals surface area (Å²) in [6.07, 6.45) is -0.107. The maximum atomic E-state index is 15.1. The third-order valence-electron chi connectivity index (χ3n) is 6.69. The molecule has 4 rings (SSSR count). The van der Waals surface area contributed by atoms with E-state index in [1.807, 2.05) is 24.3 Å². The molecule has 7 nitrogen and oxygen atoms in total. The van der Waals surface area contributed by atoms with Crippen molar-refractivity contribution in [2.75, 3.05) is 18.4 Å². The molecular formula is C29H26Cl2F4N6O. The SMILES string of the molecule is C=C(/N=C\C(Cl)=C/N)c1ccc(CN2CCC(c3nc(C(F)(F)F)cc(F)c3NC(=O)c3ccnc(Cl)c3)CC2)cc1. The van der Waals surface area contributed by atoms with Crippen LogP contribution in [0.3, 0.4) is 0 Å². The van der Waals surface area contributed by atoms with Crippen LogP contribution >= 0.6 is 23.2 Å². The molecule has 0 radical (unpaired) electrons. The number of benzene rings is 1. The van der Waals surface area contributed by atoms with Crippen LogP contribution in [0, 0.1) is 5.82 Å². The summed E-state index contributed by atoms with van der Waals surface area (Å²) in [5.74, 6) is -2.46. The number of hydrogen-bond donors (Lipinski definition) is 2. The van der Waals surface area contributed by atoms with Crippen molar-refractivity contribution in [3.05, 3.63) is 106 Å². The Morgan fingerprint density at radius 1 is 1.17 bits per heavy atom. The Kier molecular flexibility index (Phi) is 9.97. The number of allylic oxidation sites excluding steroid dienone is 1. The number of amides is 1. The molecule has 0 aliphatic carbocycles. The Labute approximate surface area is 249 Å². The van der Waals surface area contributed by atoms with Crippen LogP contribution in [0.5, 0.6) is 0 Å². The van der Waals surface area contributed by atoms with Crippen molar-refractivity contribution in [1.29, 1.82) is 0 Å². The van der Waals surface area contributed by atoms with Crippen molar-refractivity contribution >= 4 is 46.7 Å². The van der Waals surface area contributed by atoms with Gasteiger partial charge in [-0.15, -0.1) is 0 Å². The smallest absolute Gasteiger partial charge is 0.403 e. The number of nitrogens with zero attached hydrogens (tertiary/aromatic N) is 4. The summed E-state index contributed by atoms with van der Waals surface area (Å²) < 4.78 is 55.6. The van der Waals surface area contributed by atoms with Gasteiger partial charge in [-0.2, -0.15) is 13.2 Å². The molecule has 220 valence electrons. The molecule has 0 atom stereocenters. The van der Waals surface area contributed by atoms with Crippen molar-refractivity contribution in [3.63, 3.8) is 0 Å². The molecule has 0 saturated carbocycles. The number of carbonyl (C=O) groups is 1. The minimum Gasteiger partial charge on any atom is -0.403 e. The summed E-state index contributed by atoms with van der Waals surface area (Å²) in [6.45, 7) is 5.57. The van der Waals surface area contributed by atoms with Crippen LogP contribution in [-0.2, 0) is 12.7 Å². The zero-order chi connectivity index (χ0) is 30.4. The number of piperidine rings is 1. The van der Waals surface area contributed by atoms with Gasteiger partial charge >= 0.3 is 6.18 Å². The van der Waals surface area contributed by atoms with E-state index < -0.39 is 29.5 Å². The van der Waals surface area contributed by atoms with Gasteiger partial charge in [0.05, 0.1) is 22.1 Å². The number of rotatable bonds is 8. The molecule has 1 fully saturated rings. The van der Waals surface area contributed by atoms with Crippen LogP contribution in [-0.4, -0.2) is 40.1 Å². The second-order valence-electron chi connectivity index (χ2n) is 9.57. The van der Waals surface area contributed by atoms with E-state index in [2.05, 4.69) is 31.8 Å². The van der Waals surface area contributed by atoms with Crippen molar-refractivity contribution in [1.82, 2.24) is 14.9 Å². The highest BCUT2D eigenvalue weighted by molar-refractivity contribution is 6.39. The van der Waals surface area contributed by atoms with E-state index in [4.69, 9.17) is 28.9 Å². The predicted molar refractivity (Wildman–Crippen MR) is 156 cm³/mol. The molecule has 3 N–H and O–H groups in total. The van der Waals surface area contributed by atoms with Crippen molar-refractivity contribution < 1.29 is 22.4 Å². The summed E-state index contributed by atoms with van der Waals surface area (Å²) in [5, 5.41) is 2.73. The highest BCUT2D eigenvalue weighted by Gasteiger charge is 2.36. The second-order valence-corrected chi connectivity index (χ2v) is 10.4. The van der Waals surface area contributed by atoms with Crippen molar-refractivity contribution in [2.45, 2.75) is 31.5 Å². The number of carbonyl (C=O) groups excluding carboxylic acids is 1. The molecule has 1 aliphatic heterocycles. The lowest BCUT2D eigenvalue weighted by molar-refractivity contribution is -0.141. The average molecular weight is 621 g/mol. The number of aliphatic imine (C=N–C) groups is 1. The normalized spacial score (nSPS) is 15.2. The van der Waals surface area contributed by atoms with E-state index in [0.29, 0.717) is 44.2 Å². The minimum atomic E-state index is -4.85. The number of halogens is 6. The third kappa shape index (κ3) is 7.93. The lowest BCUT2D eigenvalue weighted by Crippen LogP contribution is -2.33. The number of nitrogens with one attached hydrogen (secondary N) is 1. The van der Waals surface area contributed by atoms with E-state index in [9.17, 15) is 18.0 Å². The number of pyridine rings is 2. The molecule has 1 saturated heterocycles. The zero-order valence-electron chi connectivity index (χ0n) is 22.1. The van der Waals surface area contributed by atoms with Crippen LogP contribution in [0.15, 0.2) is 71.5 Å². The first kappa shape index (κ1) is 31.1. The Morgan fingerprint density at radius 2 is 1.86 bits per heavy atom. The summed E-state index contributed by atoms with van der Waals surface area (Å²) in [6, 6.07) is 10.6. The number of likely N-dealkylation sites (tertiary alicyclic amines) is 1. The first-order valence-electron chi connectivity index (χ1n) is 12.8. The molecule has 3 aromatic rings. The van der Waals surface area contributed by atoms with E-state index in [1.165, 1.54) is 30.7 Å². The maximum Gasteiger partial charge on any atom is 0.433 e. The predicted octanol–water partition coefficient (Wildman–Crippen LogP) is 7.00. The van der Waals surface area contributed by atoms with Gasteiger partial charge in [0.2, 0.25) is 0 Å². The Bertz CT molecular complexity index is 1520. The largest absolute Gasteiger partial charge is 0.433 e. The molecule has 13 heteroatoms. The molecule has 0 bridgehead atoms. The monoisotopic (exact) mass is 620 g/mol. The van der Waals surface area contributed by atoms with Crippen LogP contribution in [0.1, 0.15) is 51.6 Å². The molecule has 42 heavy (non-hydrogen) atoms. The highest BCUT2D eigenvalue weighted by atomic mass is 35.5. The summed E-state index contributed by atoms with van der Waals surface area (Å²) in [4.78, 5) is 26.7. The number of anilines is 1. The Morgan fingerprint density at radius 3 is 2.48 bits per heavy atom. The lowest BCUT2D eigenvalue weighted by atomic mass is 9.91. The summed E-state index contributed by atoms with van der Waals surface area (Å²) in [7, 11) is 0. The van der Waals surface area contributed by atoms with Gasteiger partial charge in [-0.1, -0.05) is 54.0 Å². The first-order chi connectivity index (χ1) is 19.9. The van der Waals surface area contributed by atoms with E-state index in [0.717, 1.165) is 11.1 Å². The molecule has 1 amide bonds. The number of hydrogen-bond acceptors (Lipinski definition) is 6. The van der Waals surface area contributed by atoms with Crippen LogP contribution in [0.4, 0.5) is 23.2 Å². The van der Waals surface area contributed by atoms with Gasteiger partial charge in [-0.05, 0) is 49.2 Å². The lowest BCUT2D eigenvalue weighted by Gasteiger charge is -2.32.